The zero-order chi connectivity index (χ0) is 9.26. The minimum absolute atomic E-state index is 0.124. The average Bonchev–Trinajstić information content (AvgIpc) is 2.31. The third-order valence-corrected chi connectivity index (χ3v) is 2.00. The summed E-state index contributed by atoms with van der Waals surface area (Å²) in [7, 11) is 0. The van der Waals surface area contributed by atoms with Crippen molar-refractivity contribution < 1.29 is 9.90 Å². The predicted octanol–water partition coefficient (Wildman–Crippen LogP) is -0.427. The van der Waals surface area contributed by atoms with Gasteiger partial charge in [0, 0.05) is 13.1 Å². The molecule has 13 heavy (non-hydrogen) atoms. The zero-order valence-corrected chi connectivity index (χ0v) is 7.05. The number of hydrogen-bond donors (Lipinski definition) is 1. The first-order chi connectivity index (χ1) is 6.25. The average molecular weight is 182 g/mol. The molecule has 1 aromatic heterocycles. The second kappa shape index (κ2) is 3.04. The van der Waals surface area contributed by atoms with Crippen LogP contribution >= 0.6 is 0 Å². The van der Waals surface area contributed by atoms with E-state index in [9.17, 15) is 4.79 Å². The highest BCUT2D eigenvalue weighted by Crippen LogP contribution is 2.15. The molecule has 1 aliphatic heterocycles. The smallest absolute Gasteiger partial charge is 0.325 e. The number of aromatic nitrogens is 3. The minimum atomic E-state index is -0.903. The molecule has 0 bridgehead atoms. The highest BCUT2D eigenvalue weighted by Gasteiger charge is 2.17. The standard InChI is InChI=1S/C7H10N4O2/c12-7(13)5-11-4-6(8-9-11)10-2-1-3-10/h4H,1-3,5H2,(H,12,13). The monoisotopic (exact) mass is 182 g/mol. The van der Waals surface area contributed by atoms with E-state index in [0.29, 0.717) is 0 Å². The molecule has 6 heteroatoms. The summed E-state index contributed by atoms with van der Waals surface area (Å²) < 4.78 is 1.33. The first-order valence-electron chi connectivity index (χ1n) is 4.12. The minimum Gasteiger partial charge on any atom is -0.480 e. The van der Waals surface area contributed by atoms with E-state index in [1.165, 1.54) is 11.1 Å². The third kappa shape index (κ3) is 1.61. The van der Waals surface area contributed by atoms with Crippen LogP contribution in [0.4, 0.5) is 5.82 Å². The summed E-state index contributed by atoms with van der Waals surface area (Å²) >= 11 is 0. The highest BCUT2D eigenvalue weighted by atomic mass is 16.4. The lowest BCUT2D eigenvalue weighted by molar-refractivity contribution is -0.137. The van der Waals surface area contributed by atoms with Crippen molar-refractivity contribution in [1.82, 2.24) is 15.0 Å². The largest absolute Gasteiger partial charge is 0.480 e. The number of carboxylic acid groups (broad SMARTS) is 1. The van der Waals surface area contributed by atoms with Gasteiger partial charge in [-0.3, -0.25) is 4.79 Å². The van der Waals surface area contributed by atoms with Gasteiger partial charge in [0.2, 0.25) is 0 Å². The van der Waals surface area contributed by atoms with Gasteiger partial charge in [0.05, 0.1) is 6.20 Å². The number of nitrogens with zero attached hydrogens (tertiary/aromatic N) is 4. The summed E-state index contributed by atoms with van der Waals surface area (Å²) in [5.41, 5.74) is 0. The maximum absolute atomic E-state index is 10.3. The van der Waals surface area contributed by atoms with Gasteiger partial charge in [-0.15, -0.1) is 5.10 Å². The van der Waals surface area contributed by atoms with Gasteiger partial charge in [-0.2, -0.15) is 0 Å². The zero-order valence-electron chi connectivity index (χ0n) is 7.05. The van der Waals surface area contributed by atoms with E-state index in [1.807, 2.05) is 0 Å². The Bertz CT molecular complexity index is 318. The Hall–Kier alpha value is -1.59. The fourth-order valence-electron chi connectivity index (χ4n) is 1.19. The van der Waals surface area contributed by atoms with Gasteiger partial charge in [0.25, 0.3) is 0 Å². The molecule has 0 radical (unpaired) electrons. The van der Waals surface area contributed by atoms with E-state index in [1.54, 1.807) is 6.20 Å². The molecule has 0 atom stereocenters. The molecule has 0 amide bonds. The van der Waals surface area contributed by atoms with Gasteiger partial charge < -0.3 is 10.0 Å². The van der Waals surface area contributed by atoms with Crippen LogP contribution in [0.15, 0.2) is 6.20 Å². The van der Waals surface area contributed by atoms with E-state index in [2.05, 4.69) is 15.2 Å². The van der Waals surface area contributed by atoms with Gasteiger partial charge in [-0.05, 0) is 6.42 Å². The number of aliphatic carboxylic acids is 1. The fourth-order valence-corrected chi connectivity index (χ4v) is 1.19. The molecule has 70 valence electrons. The second-order valence-electron chi connectivity index (χ2n) is 3.01. The summed E-state index contributed by atoms with van der Waals surface area (Å²) in [5.74, 6) is -0.132. The van der Waals surface area contributed by atoms with Crippen molar-refractivity contribution in [3.05, 3.63) is 6.20 Å². The number of carboxylic acids is 1. The van der Waals surface area contributed by atoms with Crippen LogP contribution in [0.1, 0.15) is 6.42 Å². The van der Waals surface area contributed by atoms with Gasteiger partial charge in [-0.1, -0.05) is 5.21 Å². The molecule has 0 saturated carbocycles. The van der Waals surface area contributed by atoms with Crippen molar-refractivity contribution in [2.45, 2.75) is 13.0 Å². The van der Waals surface area contributed by atoms with Crippen molar-refractivity contribution >= 4 is 11.8 Å². The number of hydrogen-bond acceptors (Lipinski definition) is 4. The molecule has 2 rings (SSSR count). The molecule has 2 heterocycles. The van der Waals surface area contributed by atoms with Crippen LogP contribution < -0.4 is 4.90 Å². The molecular weight excluding hydrogens is 172 g/mol. The van der Waals surface area contributed by atoms with Crippen LogP contribution in [0.2, 0.25) is 0 Å². The maximum Gasteiger partial charge on any atom is 0.325 e. The Labute approximate surface area is 74.8 Å². The number of anilines is 1. The Balaban J connectivity index is 2.04. The normalized spacial score (nSPS) is 15.5. The lowest BCUT2D eigenvalue weighted by Crippen LogP contribution is -2.37. The molecule has 1 aliphatic rings. The molecule has 0 spiro atoms. The summed E-state index contributed by atoms with van der Waals surface area (Å²) in [4.78, 5) is 12.4. The Morgan fingerprint density at radius 1 is 1.62 bits per heavy atom. The topological polar surface area (TPSA) is 71.2 Å². The fraction of sp³-hybridized carbons (Fsp3) is 0.571. The highest BCUT2D eigenvalue weighted by molar-refractivity contribution is 5.66. The molecule has 1 fully saturated rings. The van der Waals surface area contributed by atoms with Crippen molar-refractivity contribution in [3.8, 4) is 0 Å². The van der Waals surface area contributed by atoms with E-state index in [4.69, 9.17) is 5.11 Å². The summed E-state index contributed by atoms with van der Waals surface area (Å²) in [6.07, 6.45) is 2.83. The van der Waals surface area contributed by atoms with Crippen molar-refractivity contribution in [3.63, 3.8) is 0 Å². The van der Waals surface area contributed by atoms with Crippen LogP contribution in [0.25, 0.3) is 0 Å². The molecule has 1 aromatic rings. The maximum atomic E-state index is 10.3. The Kier molecular flexibility index (Phi) is 1.88. The first-order valence-corrected chi connectivity index (χ1v) is 4.12. The van der Waals surface area contributed by atoms with Gasteiger partial charge >= 0.3 is 5.97 Å². The lowest BCUT2D eigenvalue weighted by Gasteiger charge is -2.30. The van der Waals surface area contributed by atoms with Gasteiger partial charge in [-0.25, -0.2) is 4.68 Å². The van der Waals surface area contributed by atoms with Crippen LogP contribution in [0.5, 0.6) is 0 Å². The number of rotatable bonds is 3. The van der Waals surface area contributed by atoms with E-state index in [0.717, 1.165) is 18.9 Å². The first kappa shape index (κ1) is 8.03. The number of carbonyl (C=O) groups is 1. The molecule has 0 unspecified atom stereocenters. The Morgan fingerprint density at radius 3 is 2.92 bits per heavy atom. The van der Waals surface area contributed by atoms with E-state index < -0.39 is 5.97 Å². The van der Waals surface area contributed by atoms with E-state index in [-0.39, 0.29) is 6.54 Å². The predicted molar refractivity (Wildman–Crippen MR) is 44.5 cm³/mol. The van der Waals surface area contributed by atoms with Crippen LogP contribution in [0, 0.1) is 0 Å². The quantitative estimate of drug-likeness (QED) is 0.687. The third-order valence-electron chi connectivity index (χ3n) is 2.00. The molecule has 6 nitrogen and oxygen atoms in total. The van der Waals surface area contributed by atoms with Crippen LogP contribution in [-0.2, 0) is 11.3 Å². The van der Waals surface area contributed by atoms with Gasteiger partial charge in [0.15, 0.2) is 5.82 Å². The van der Waals surface area contributed by atoms with Crippen molar-refractivity contribution in [2.75, 3.05) is 18.0 Å². The molecule has 0 aliphatic carbocycles. The molecule has 1 saturated heterocycles. The summed E-state index contributed by atoms with van der Waals surface area (Å²) in [6, 6.07) is 0. The van der Waals surface area contributed by atoms with Crippen molar-refractivity contribution in [1.29, 1.82) is 0 Å². The summed E-state index contributed by atoms with van der Waals surface area (Å²) in [5, 5.41) is 16.1. The molecule has 0 aromatic carbocycles. The molecule has 1 N–H and O–H groups in total. The summed E-state index contributed by atoms with van der Waals surface area (Å²) in [6.45, 7) is 1.86. The van der Waals surface area contributed by atoms with Gasteiger partial charge in [0.1, 0.15) is 6.54 Å². The second-order valence-corrected chi connectivity index (χ2v) is 3.01. The van der Waals surface area contributed by atoms with E-state index >= 15 is 0 Å². The Morgan fingerprint density at radius 2 is 2.38 bits per heavy atom. The van der Waals surface area contributed by atoms with Crippen molar-refractivity contribution in [2.24, 2.45) is 0 Å². The molecular formula is C7H10N4O2. The lowest BCUT2D eigenvalue weighted by atomic mass is 10.2. The van der Waals surface area contributed by atoms with Crippen LogP contribution in [0.3, 0.4) is 0 Å². The van der Waals surface area contributed by atoms with Crippen LogP contribution in [-0.4, -0.2) is 39.2 Å². The SMILES string of the molecule is O=C(O)Cn1cc(N2CCC2)nn1.